The molecular formula is C19H24N2O3. The van der Waals surface area contributed by atoms with Gasteiger partial charge in [0.1, 0.15) is 5.75 Å². The summed E-state index contributed by atoms with van der Waals surface area (Å²) in [6.45, 7) is 3.93. The van der Waals surface area contributed by atoms with Crippen LogP contribution < -0.4 is 15.4 Å². The van der Waals surface area contributed by atoms with Gasteiger partial charge in [-0.25, -0.2) is 0 Å². The maximum absolute atomic E-state index is 11.7. The fraction of sp³-hybridized carbons (Fsp3) is 0.316. The monoisotopic (exact) mass is 328 g/mol. The summed E-state index contributed by atoms with van der Waals surface area (Å²) < 4.78 is 10.7. The number of rotatable bonds is 10. The standard InChI is InChI=1S/C19H24N2O3/c1-2-23-14-6-13-20-19(22)15-24-18-11-9-17(10-12-18)21-16-7-4-3-5-8-16/h3-5,7-12,21H,2,6,13-15H2,1H3,(H,20,22). The summed E-state index contributed by atoms with van der Waals surface area (Å²) in [6, 6.07) is 17.5. The van der Waals surface area contributed by atoms with Crippen molar-refractivity contribution in [1.29, 1.82) is 0 Å². The second-order valence-electron chi connectivity index (χ2n) is 5.20. The number of hydrogen-bond acceptors (Lipinski definition) is 4. The fourth-order valence-corrected chi connectivity index (χ4v) is 2.07. The number of anilines is 2. The van der Waals surface area contributed by atoms with Gasteiger partial charge >= 0.3 is 0 Å². The topological polar surface area (TPSA) is 59.6 Å². The zero-order valence-electron chi connectivity index (χ0n) is 14.0. The summed E-state index contributed by atoms with van der Waals surface area (Å²) in [5.41, 5.74) is 1.99. The van der Waals surface area contributed by atoms with E-state index in [1.54, 1.807) is 0 Å². The molecule has 0 fully saturated rings. The maximum atomic E-state index is 11.7. The Labute approximate surface area is 143 Å². The molecule has 0 unspecified atom stereocenters. The maximum Gasteiger partial charge on any atom is 0.257 e. The number of benzene rings is 2. The van der Waals surface area contributed by atoms with Crippen LogP contribution >= 0.6 is 0 Å². The third-order valence-corrected chi connectivity index (χ3v) is 3.28. The lowest BCUT2D eigenvalue weighted by Gasteiger charge is -2.09. The molecule has 0 atom stereocenters. The molecule has 0 bridgehead atoms. The second-order valence-corrected chi connectivity index (χ2v) is 5.20. The van der Waals surface area contributed by atoms with Crippen molar-refractivity contribution in [3.8, 4) is 5.75 Å². The summed E-state index contributed by atoms with van der Waals surface area (Å²) in [6.07, 6.45) is 0.805. The van der Waals surface area contributed by atoms with Crippen LogP contribution in [0.1, 0.15) is 13.3 Å². The van der Waals surface area contributed by atoms with Gasteiger partial charge in [-0.05, 0) is 49.7 Å². The van der Waals surface area contributed by atoms with E-state index in [9.17, 15) is 4.79 Å². The largest absolute Gasteiger partial charge is 0.484 e. The van der Waals surface area contributed by atoms with E-state index >= 15 is 0 Å². The first-order chi connectivity index (χ1) is 11.8. The van der Waals surface area contributed by atoms with Gasteiger partial charge in [0.15, 0.2) is 6.61 Å². The smallest absolute Gasteiger partial charge is 0.257 e. The van der Waals surface area contributed by atoms with Gasteiger partial charge in [-0.2, -0.15) is 0 Å². The minimum atomic E-state index is -0.127. The van der Waals surface area contributed by atoms with Crippen molar-refractivity contribution in [3.05, 3.63) is 54.6 Å². The average molecular weight is 328 g/mol. The van der Waals surface area contributed by atoms with Gasteiger partial charge in [0, 0.05) is 31.1 Å². The van der Waals surface area contributed by atoms with Crippen LogP contribution in [0.15, 0.2) is 54.6 Å². The number of carbonyl (C=O) groups is 1. The van der Waals surface area contributed by atoms with Crippen LogP contribution in [-0.2, 0) is 9.53 Å². The molecule has 0 spiro atoms. The average Bonchev–Trinajstić information content (AvgIpc) is 2.62. The fourth-order valence-electron chi connectivity index (χ4n) is 2.07. The zero-order chi connectivity index (χ0) is 17.0. The summed E-state index contributed by atoms with van der Waals surface area (Å²) in [4.78, 5) is 11.7. The summed E-state index contributed by atoms with van der Waals surface area (Å²) in [5.74, 6) is 0.538. The van der Waals surface area contributed by atoms with Gasteiger partial charge in [0.05, 0.1) is 0 Å². The van der Waals surface area contributed by atoms with Crippen molar-refractivity contribution in [3.63, 3.8) is 0 Å². The summed E-state index contributed by atoms with van der Waals surface area (Å²) >= 11 is 0. The van der Waals surface area contributed by atoms with E-state index in [1.165, 1.54) is 0 Å². The lowest BCUT2D eigenvalue weighted by molar-refractivity contribution is -0.123. The quantitative estimate of drug-likeness (QED) is 0.657. The van der Waals surface area contributed by atoms with Crippen molar-refractivity contribution in [2.45, 2.75) is 13.3 Å². The van der Waals surface area contributed by atoms with Crippen molar-refractivity contribution in [2.24, 2.45) is 0 Å². The van der Waals surface area contributed by atoms with Gasteiger partial charge in [-0.3, -0.25) is 4.79 Å². The highest BCUT2D eigenvalue weighted by atomic mass is 16.5. The molecule has 24 heavy (non-hydrogen) atoms. The van der Waals surface area contributed by atoms with Gasteiger partial charge in [0.2, 0.25) is 0 Å². The molecule has 128 valence electrons. The van der Waals surface area contributed by atoms with Crippen LogP contribution in [0.5, 0.6) is 5.75 Å². The Bertz CT molecular complexity index is 600. The molecule has 0 heterocycles. The molecule has 2 N–H and O–H groups in total. The summed E-state index contributed by atoms with van der Waals surface area (Å²) in [7, 11) is 0. The molecule has 1 amide bonds. The molecule has 0 aliphatic heterocycles. The highest BCUT2D eigenvalue weighted by molar-refractivity contribution is 5.77. The van der Waals surface area contributed by atoms with Gasteiger partial charge in [0.25, 0.3) is 5.91 Å². The van der Waals surface area contributed by atoms with Crippen LogP contribution in [0.25, 0.3) is 0 Å². The third kappa shape index (κ3) is 6.71. The van der Waals surface area contributed by atoms with E-state index in [0.29, 0.717) is 25.5 Å². The van der Waals surface area contributed by atoms with Crippen molar-refractivity contribution in [2.75, 3.05) is 31.7 Å². The first-order valence-electron chi connectivity index (χ1n) is 8.17. The molecule has 5 heteroatoms. The Kier molecular flexibility index (Phi) is 7.63. The minimum absolute atomic E-state index is 0.0140. The first-order valence-corrected chi connectivity index (χ1v) is 8.17. The SMILES string of the molecule is CCOCCCNC(=O)COc1ccc(Nc2ccccc2)cc1. The molecule has 2 aromatic carbocycles. The van der Waals surface area contributed by atoms with Gasteiger partial charge in [-0.15, -0.1) is 0 Å². The first kappa shape index (κ1) is 17.8. The Morgan fingerprint density at radius 3 is 2.42 bits per heavy atom. The number of ether oxygens (including phenoxy) is 2. The number of carbonyl (C=O) groups excluding carboxylic acids is 1. The Morgan fingerprint density at radius 2 is 1.71 bits per heavy atom. The molecule has 0 saturated carbocycles. The molecule has 2 rings (SSSR count). The van der Waals surface area contributed by atoms with Crippen LogP contribution in [0.3, 0.4) is 0 Å². The zero-order valence-corrected chi connectivity index (χ0v) is 14.0. The Hall–Kier alpha value is -2.53. The molecular weight excluding hydrogens is 304 g/mol. The van der Waals surface area contributed by atoms with Crippen LogP contribution in [0.2, 0.25) is 0 Å². The van der Waals surface area contributed by atoms with Crippen molar-refractivity contribution in [1.82, 2.24) is 5.32 Å². The third-order valence-electron chi connectivity index (χ3n) is 3.28. The van der Waals surface area contributed by atoms with Crippen LogP contribution in [0.4, 0.5) is 11.4 Å². The molecule has 0 aliphatic rings. The molecule has 2 aromatic rings. The van der Waals surface area contributed by atoms with Crippen molar-refractivity contribution < 1.29 is 14.3 Å². The molecule has 0 aliphatic carbocycles. The number of para-hydroxylation sites is 1. The van der Waals surface area contributed by atoms with E-state index in [0.717, 1.165) is 17.8 Å². The molecule has 5 nitrogen and oxygen atoms in total. The molecule has 0 saturated heterocycles. The Morgan fingerprint density at radius 1 is 1.00 bits per heavy atom. The number of nitrogens with one attached hydrogen (secondary N) is 2. The number of amides is 1. The van der Waals surface area contributed by atoms with E-state index in [1.807, 2.05) is 61.5 Å². The van der Waals surface area contributed by atoms with E-state index in [4.69, 9.17) is 9.47 Å². The van der Waals surface area contributed by atoms with Crippen molar-refractivity contribution >= 4 is 17.3 Å². The summed E-state index contributed by atoms with van der Waals surface area (Å²) in [5, 5.41) is 6.09. The van der Waals surface area contributed by atoms with E-state index in [2.05, 4.69) is 10.6 Å². The predicted octanol–water partition coefficient (Wildman–Crippen LogP) is 3.35. The lowest BCUT2D eigenvalue weighted by atomic mass is 10.2. The lowest BCUT2D eigenvalue weighted by Crippen LogP contribution is -2.30. The van der Waals surface area contributed by atoms with Gasteiger partial charge < -0.3 is 20.1 Å². The van der Waals surface area contributed by atoms with E-state index in [-0.39, 0.29) is 12.5 Å². The second kappa shape index (κ2) is 10.3. The molecule has 0 aromatic heterocycles. The highest BCUT2D eigenvalue weighted by Crippen LogP contribution is 2.19. The van der Waals surface area contributed by atoms with E-state index < -0.39 is 0 Å². The predicted molar refractivity (Wildman–Crippen MR) is 95.8 cm³/mol. The normalized spacial score (nSPS) is 10.2. The highest BCUT2D eigenvalue weighted by Gasteiger charge is 2.02. The Balaban J connectivity index is 1.69. The molecule has 0 radical (unpaired) electrons. The van der Waals surface area contributed by atoms with Gasteiger partial charge in [-0.1, -0.05) is 18.2 Å². The number of hydrogen-bond donors (Lipinski definition) is 2. The minimum Gasteiger partial charge on any atom is -0.484 e. The van der Waals surface area contributed by atoms with Crippen LogP contribution in [-0.4, -0.2) is 32.3 Å². The van der Waals surface area contributed by atoms with Crippen LogP contribution in [0, 0.1) is 0 Å².